The van der Waals surface area contributed by atoms with Gasteiger partial charge in [0.25, 0.3) is 0 Å². The molecule has 0 amide bonds. The van der Waals surface area contributed by atoms with Crippen LogP contribution < -0.4 is 0 Å². The van der Waals surface area contributed by atoms with Crippen molar-refractivity contribution in [3.63, 3.8) is 0 Å². The van der Waals surface area contributed by atoms with Crippen LogP contribution in [0.25, 0.3) is 0 Å². The number of aliphatic hydroxyl groups is 1. The number of halogens is 3. The number of rotatable bonds is 1. The Morgan fingerprint density at radius 1 is 1.23 bits per heavy atom. The lowest BCUT2D eigenvalue weighted by molar-refractivity contribution is -0.139. The predicted octanol–water partition coefficient (Wildman–Crippen LogP) is 2.76. The molecule has 1 aromatic rings. The van der Waals surface area contributed by atoms with Crippen molar-refractivity contribution in [2.75, 3.05) is 0 Å². The van der Waals surface area contributed by atoms with Crippen LogP contribution >= 0.6 is 0 Å². The van der Waals surface area contributed by atoms with Crippen LogP contribution in [0.4, 0.5) is 13.2 Å². The summed E-state index contributed by atoms with van der Waals surface area (Å²) in [5.41, 5.74) is -0.861. The van der Waals surface area contributed by atoms with Crippen LogP contribution in [0, 0.1) is 0 Å². The number of alkyl halides is 3. The minimum Gasteiger partial charge on any atom is -0.389 e. The van der Waals surface area contributed by atoms with E-state index in [0.717, 1.165) is 6.07 Å². The first-order valence-corrected chi connectivity index (χ1v) is 3.77. The lowest BCUT2D eigenvalue weighted by Gasteiger charge is -2.13. The van der Waals surface area contributed by atoms with Crippen molar-refractivity contribution in [1.29, 1.82) is 0 Å². The normalized spacial score (nSPS) is 14.2. The van der Waals surface area contributed by atoms with Gasteiger partial charge >= 0.3 is 6.18 Å². The predicted molar refractivity (Wildman–Crippen MR) is 42.1 cm³/mol. The van der Waals surface area contributed by atoms with Gasteiger partial charge in [-0.3, -0.25) is 0 Å². The second kappa shape index (κ2) is 3.38. The molecule has 1 aromatic carbocycles. The highest BCUT2D eigenvalue weighted by molar-refractivity contribution is 5.30. The van der Waals surface area contributed by atoms with Crippen molar-refractivity contribution >= 4 is 0 Å². The minimum absolute atomic E-state index is 0.0880. The summed E-state index contributed by atoms with van der Waals surface area (Å²) >= 11 is 0. The molecule has 1 rings (SSSR count). The van der Waals surface area contributed by atoms with E-state index in [9.17, 15) is 13.2 Å². The third-order valence-corrected chi connectivity index (χ3v) is 1.72. The molecule has 1 N–H and O–H groups in total. The topological polar surface area (TPSA) is 20.2 Å². The Bertz CT molecular complexity index is 291. The highest BCUT2D eigenvalue weighted by atomic mass is 19.4. The Kier molecular flexibility index (Phi) is 2.61. The van der Waals surface area contributed by atoms with Gasteiger partial charge in [-0.05, 0) is 18.6 Å². The molecule has 0 aliphatic carbocycles. The van der Waals surface area contributed by atoms with E-state index in [1.165, 1.54) is 25.1 Å². The summed E-state index contributed by atoms with van der Waals surface area (Å²) in [4.78, 5) is 0. The van der Waals surface area contributed by atoms with Crippen LogP contribution in [-0.4, -0.2) is 5.11 Å². The van der Waals surface area contributed by atoms with Gasteiger partial charge in [-0.2, -0.15) is 13.2 Å². The van der Waals surface area contributed by atoms with E-state index in [0.29, 0.717) is 0 Å². The van der Waals surface area contributed by atoms with E-state index < -0.39 is 17.8 Å². The number of aliphatic hydroxyl groups excluding tert-OH is 1. The average Bonchev–Trinajstić information content (AvgIpc) is 2.03. The van der Waals surface area contributed by atoms with Crippen LogP contribution in [0.5, 0.6) is 0 Å². The zero-order valence-corrected chi connectivity index (χ0v) is 6.97. The Morgan fingerprint density at radius 3 is 2.15 bits per heavy atom. The van der Waals surface area contributed by atoms with Gasteiger partial charge in [0.2, 0.25) is 0 Å². The summed E-state index contributed by atoms with van der Waals surface area (Å²) in [6.07, 6.45) is -5.49. The number of hydrogen-bond acceptors (Lipinski definition) is 1. The van der Waals surface area contributed by atoms with Crippen LogP contribution in [-0.2, 0) is 6.18 Å². The molecule has 0 saturated carbocycles. The lowest BCUT2D eigenvalue weighted by atomic mass is 10.0. The van der Waals surface area contributed by atoms with Crippen molar-refractivity contribution in [2.24, 2.45) is 0 Å². The van der Waals surface area contributed by atoms with E-state index in [1.807, 2.05) is 0 Å². The van der Waals surface area contributed by atoms with Crippen LogP contribution in [0.1, 0.15) is 24.2 Å². The standard InChI is InChI=1S/C9H9F3O/c1-6(13)7-4-2-3-5-8(7)9(10,11)12/h2-6,13H,1H3/t6-/m1/s1. The van der Waals surface area contributed by atoms with Gasteiger partial charge in [0, 0.05) is 0 Å². The van der Waals surface area contributed by atoms with E-state index >= 15 is 0 Å². The molecule has 1 nitrogen and oxygen atoms in total. The summed E-state index contributed by atoms with van der Waals surface area (Å²) in [5, 5.41) is 9.07. The maximum absolute atomic E-state index is 12.3. The second-order valence-corrected chi connectivity index (χ2v) is 2.76. The molecule has 13 heavy (non-hydrogen) atoms. The number of hydrogen-bond donors (Lipinski definition) is 1. The van der Waals surface area contributed by atoms with E-state index in [2.05, 4.69) is 0 Å². The minimum atomic E-state index is -4.40. The van der Waals surface area contributed by atoms with Crippen molar-refractivity contribution in [3.8, 4) is 0 Å². The highest BCUT2D eigenvalue weighted by Gasteiger charge is 2.33. The summed E-state index contributed by atoms with van der Waals surface area (Å²) < 4.78 is 36.9. The zero-order valence-electron chi connectivity index (χ0n) is 6.97. The Labute approximate surface area is 73.8 Å². The molecule has 1 atom stereocenters. The fourth-order valence-corrected chi connectivity index (χ4v) is 1.12. The van der Waals surface area contributed by atoms with Crippen molar-refractivity contribution in [2.45, 2.75) is 19.2 Å². The van der Waals surface area contributed by atoms with Crippen LogP contribution in [0.3, 0.4) is 0 Å². The van der Waals surface area contributed by atoms with Crippen LogP contribution in [0.2, 0.25) is 0 Å². The van der Waals surface area contributed by atoms with Crippen molar-refractivity contribution in [3.05, 3.63) is 35.4 Å². The van der Waals surface area contributed by atoms with Gasteiger partial charge in [0.1, 0.15) is 0 Å². The first kappa shape index (κ1) is 10.1. The maximum Gasteiger partial charge on any atom is 0.416 e. The SMILES string of the molecule is C[C@@H](O)c1ccccc1C(F)(F)F. The summed E-state index contributed by atoms with van der Waals surface area (Å²) in [6.45, 7) is 1.31. The molecule has 0 heterocycles. The third-order valence-electron chi connectivity index (χ3n) is 1.72. The van der Waals surface area contributed by atoms with Gasteiger partial charge in [-0.15, -0.1) is 0 Å². The van der Waals surface area contributed by atoms with E-state index in [-0.39, 0.29) is 5.56 Å². The Morgan fingerprint density at radius 2 is 1.77 bits per heavy atom. The maximum atomic E-state index is 12.3. The quantitative estimate of drug-likeness (QED) is 0.721. The highest BCUT2D eigenvalue weighted by Crippen LogP contribution is 2.34. The molecule has 0 fully saturated rings. The zero-order chi connectivity index (χ0) is 10.1. The molecule has 0 aliphatic heterocycles. The smallest absolute Gasteiger partial charge is 0.389 e. The van der Waals surface area contributed by atoms with Crippen molar-refractivity contribution in [1.82, 2.24) is 0 Å². The molecule has 0 radical (unpaired) electrons. The first-order chi connectivity index (χ1) is 5.93. The molecule has 0 aromatic heterocycles. The molecule has 0 aliphatic rings. The Balaban J connectivity index is 3.20. The molecule has 0 unspecified atom stereocenters. The molecular weight excluding hydrogens is 181 g/mol. The first-order valence-electron chi connectivity index (χ1n) is 3.77. The largest absolute Gasteiger partial charge is 0.416 e. The molecule has 72 valence electrons. The summed E-state index contributed by atoms with van der Waals surface area (Å²) in [7, 11) is 0. The second-order valence-electron chi connectivity index (χ2n) is 2.76. The van der Waals surface area contributed by atoms with E-state index in [4.69, 9.17) is 5.11 Å². The monoisotopic (exact) mass is 190 g/mol. The van der Waals surface area contributed by atoms with Crippen LogP contribution in [0.15, 0.2) is 24.3 Å². The van der Waals surface area contributed by atoms with E-state index in [1.54, 1.807) is 0 Å². The van der Waals surface area contributed by atoms with Gasteiger partial charge in [-0.1, -0.05) is 18.2 Å². The summed E-state index contributed by atoms with van der Waals surface area (Å²) in [6, 6.07) is 5.00. The molecule has 4 heteroatoms. The summed E-state index contributed by atoms with van der Waals surface area (Å²) in [5.74, 6) is 0. The van der Waals surface area contributed by atoms with Gasteiger partial charge in [0.15, 0.2) is 0 Å². The molecule has 0 spiro atoms. The van der Waals surface area contributed by atoms with Gasteiger partial charge in [0.05, 0.1) is 11.7 Å². The van der Waals surface area contributed by atoms with Crippen molar-refractivity contribution < 1.29 is 18.3 Å². The molecule has 0 saturated heterocycles. The third kappa shape index (κ3) is 2.21. The fraction of sp³-hybridized carbons (Fsp3) is 0.333. The fourth-order valence-electron chi connectivity index (χ4n) is 1.12. The van der Waals surface area contributed by atoms with Gasteiger partial charge < -0.3 is 5.11 Å². The average molecular weight is 190 g/mol. The number of benzene rings is 1. The van der Waals surface area contributed by atoms with Gasteiger partial charge in [-0.25, -0.2) is 0 Å². The molecular formula is C9H9F3O. The lowest BCUT2D eigenvalue weighted by Crippen LogP contribution is -2.10. The molecule has 0 bridgehead atoms. The Hall–Kier alpha value is -1.03.